The Morgan fingerprint density at radius 2 is 1.52 bits per heavy atom. The average Bonchev–Trinajstić information content (AvgIpc) is 2.46. The minimum absolute atomic E-state index is 0.00492. The van der Waals surface area contributed by atoms with Crippen molar-refractivity contribution in [3.05, 3.63) is 28.8 Å². The Balaban J connectivity index is 3.65. The number of ketones is 1. The van der Waals surface area contributed by atoms with Crippen LogP contribution in [0.1, 0.15) is 89.2 Å². The summed E-state index contributed by atoms with van der Waals surface area (Å²) in [6.07, 6.45) is 2.31. The van der Waals surface area contributed by atoms with E-state index in [9.17, 15) is 9.90 Å². The zero-order chi connectivity index (χ0) is 16.4. The molecule has 0 atom stereocenters. The minimum atomic E-state index is -0.146. The smallest absolute Gasteiger partial charge is 0.166 e. The van der Waals surface area contributed by atoms with Gasteiger partial charge in [-0.15, -0.1) is 0 Å². The topological polar surface area (TPSA) is 37.3 Å². The van der Waals surface area contributed by atoms with Gasteiger partial charge in [-0.05, 0) is 35.3 Å². The lowest BCUT2D eigenvalue weighted by atomic mass is 9.75. The summed E-state index contributed by atoms with van der Waals surface area (Å²) in [5, 5.41) is 10.6. The van der Waals surface area contributed by atoms with Crippen molar-refractivity contribution in [3.63, 3.8) is 0 Å². The van der Waals surface area contributed by atoms with Crippen molar-refractivity contribution in [2.24, 2.45) is 0 Å². The van der Waals surface area contributed by atoms with Crippen LogP contribution in [0.5, 0.6) is 5.75 Å². The molecule has 0 radical (unpaired) electrons. The predicted octanol–water partition coefficient (Wildman–Crippen LogP) is 5.36. The van der Waals surface area contributed by atoms with Gasteiger partial charge in [0.1, 0.15) is 5.75 Å². The molecule has 0 fully saturated rings. The molecule has 21 heavy (non-hydrogen) atoms. The number of rotatable bonds is 6. The fourth-order valence-corrected chi connectivity index (χ4v) is 2.34. The van der Waals surface area contributed by atoms with E-state index in [0.717, 1.165) is 24.0 Å². The van der Waals surface area contributed by atoms with E-state index in [-0.39, 0.29) is 22.4 Å². The molecule has 0 saturated carbocycles. The standard InChI is InChI=1S/C19H30O2/c1-8-16(20)14-11-13(18(4,5)9-2)12-15(17(14)21)19(6,7)10-3/h11-12,21H,8-10H2,1-7H3. The van der Waals surface area contributed by atoms with Crippen molar-refractivity contribution in [2.75, 3.05) is 0 Å². The summed E-state index contributed by atoms with van der Waals surface area (Å²) in [5.41, 5.74) is 2.35. The highest BCUT2D eigenvalue weighted by atomic mass is 16.3. The van der Waals surface area contributed by atoms with Crippen molar-refractivity contribution in [1.29, 1.82) is 0 Å². The molecule has 0 saturated heterocycles. The summed E-state index contributed by atoms with van der Waals surface area (Å²) in [4.78, 5) is 12.2. The van der Waals surface area contributed by atoms with Crippen molar-refractivity contribution < 1.29 is 9.90 Å². The number of benzene rings is 1. The Hall–Kier alpha value is -1.31. The summed E-state index contributed by atoms with van der Waals surface area (Å²) in [7, 11) is 0. The molecule has 1 rings (SSSR count). The molecule has 1 aromatic rings. The lowest BCUT2D eigenvalue weighted by Crippen LogP contribution is -2.21. The van der Waals surface area contributed by atoms with E-state index in [2.05, 4.69) is 47.6 Å². The first-order chi connectivity index (χ1) is 9.60. The van der Waals surface area contributed by atoms with Crippen LogP contribution >= 0.6 is 0 Å². The number of hydrogen-bond acceptors (Lipinski definition) is 2. The van der Waals surface area contributed by atoms with Crippen molar-refractivity contribution in [1.82, 2.24) is 0 Å². The van der Waals surface area contributed by atoms with E-state index in [1.807, 2.05) is 13.0 Å². The Kier molecular flexibility index (Phi) is 5.25. The summed E-state index contributed by atoms with van der Waals surface area (Å²) in [6, 6.07) is 3.98. The van der Waals surface area contributed by atoms with Crippen LogP contribution in [-0.2, 0) is 10.8 Å². The second kappa shape index (κ2) is 6.21. The second-order valence-corrected chi connectivity index (χ2v) is 7.17. The molecule has 0 aliphatic carbocycles. The minimum Gasteiger partial charge on any atom is -0.507 e. The highest BCUT2D eigenvalue weighted by molar-refractivity contribution is 5.99. The molecule has 2 nitrogen and oxygen atoms in total. The van der Waals surface area contributed by atoms with Crippen LogP contribution in [-0.4, -0.2) is 10.9 Å². The van der Waals surface area contributed by atoms with Crippen molar-refractivity contribution >= 4 is 5.78 Å². The van der Waals surface area contributed by atoms with Crippen LogP contribution in [0.2, 0.25) is 0 Å². The molecule has 1 aromatic carbocycles. The van der Waals surface area contributed by atoms with Crippen LogP contribution < -0.4 is 0 Å². The average molecular weight is 290 g/mol. The Morgan fingerprint density at radius 1 is 1.00 bits per heavy atom. The van der Waals surface area contributed by atoms with Crippen LogP contribution in [0.3, 0.4) is 0 Å². The van der Waals surface area contributed by atoms with Gasteiger partial charge in [0.15, 0.2) is 5.78 Å². The van der Waals surface area contributed by atoms with Gasteiger partial charge in [0.25, 0.3) is 0 Å². The lowest BCUT2D eigenvalue weighted by molar-refractivity contribution is 0.0985. The zero-order valence-electron chi connectivity index (χ0n) is 14.6. The van der Waals surface area contributed by atoms with Gasteiger partial charge in [-0.25, -0.2) is 0 Å². The van der Waals surface area contributed by atoms with E-state index in [1.54, 1.807) is 0 Å². The first-order valence-electron chi connectivity index (χ1n) is 8.01. The van der Waals surface area contributed by atoms with E-state index in [1.165, 1.54) is 0 Å². The molecule has 0 heterocycles. The number of hydrogen-bond donors (Lipinski definition) is 1. The van der Waals surface area contributed by atoms with Crippen LogP contribution in [0, 0.1) is 0 Å². The van der Waals surface area contributed by atoms with E-state index < -0.39 is 0 Å². The summed E-state index contributed by atoms with van der Waals surface area (Å²) in [6.45, 7) is 14.7. The zero-order valence-corrected chi connectivity index (χ0v) is 14.6. The van der Waals surface area contributed by atoms with Gasteiger partial charge in [-0.3, -0.25) is 4.79 Å². The maximum absolute atomic E-state index is 12.2. The normalized spacial score (nSPS) is 12.5. The summed E-state index contributed by atoms with van der Waals surface area (Å²) < 4.78 is 0. The molecule has 0 unspecified atom stereocenters. The lowest BCUT2D eigenvalue weighted by Gasteiger charge is -2.30. The van der Waals surface area contributed by atoms with Crippen LogP contribution in [0.4, 0.5) is 0 Å². The van der Waals surface area contributed by atoms with Gasteiger partial charge in [0.05, 0.1) is 5.56 Å². The third kappa shape index (κ3) is 3.48. The maximum atomic E-state index is 12.2. The fourth-order valence-electron chi connectivity index (χ4n) is 2.34. The van der Waals surface area contributed by atoms with Crippen molar-refractivity contribution in [3.8, 4) is 5.75 Å². The summed E-state index contributed by atoms with van der Waals surface area (Å²) in [5.74, 6) is 0.179. The van der Waals surface area contributed by atoms with E-state index in [0.29, 0.717) is 12.0 Å². The van der Waals surface area contributed by atoms with E-state index in [4.69, 9.17) is 0 Å². The molecule has 0 bridgehead atoms. The molecule has 0 spiro atoms. The largest absolute Gasteiger partial charge is 0.507 e. The Bertz CT molecular complexity index is 525. The highest BCUT2D eigenvalue weighted by Gasteiger charge is 2.29. The van der Waals surface area contributed by atoms with E-state index >= 15 is 0 Å². The quantitative estimate of drug-likeness (QED) is 0.716. The molecule has 0 aliphatic rings. The van der Waals surface area contributed by atoms with Gasteiger partial charge in [-0.1, -0.05) is 54.5 Å². The van der Waals surface area contributed by atoms with Gasteiger partial charge in [-0.2, -0.15) is 0 Å². The van der Waals surface area contributed by atoms with Crippen LogP contribution in [0.25, 0.3) is 0 Å². The number of aromatic hydroxyl groups is 1. The molecular formula is C19H30O2. The van der Waals surface area contributed by atoms with Gasteiger partial charge >= 0.3 is 0 Å². The number of phenolic OH excluding ortho intramolecular Hbond substituents is 1. The summed E-state index contributed by atoms with van der Waals surface area (Å²) >= 11 is 0. The Labute approximate surface area is 129 Å². The highest BCUT2D eigenvalue weighted by Crippen LogP contribution is 2.40. The van der Waals surface area contributed by atoms with Gasteiger partial charge in [0, 0.05) is 12.0 Å². The SMILES string of the molecule is CCC(=O)c1cc(C(C)(C)CC)cc(C(C)(C)CC)c1O. The molecule has 2 heteroatoms. The third-order valence-corrected chi connectivity index (χ3v) is 5.01. The third-order valence-electron chi connectivity index (χ3n) is 5.01. The van der Waals surface area contributed by atoms with Gasteiger partial charge < -0.3 is 5.11 Å². The van der Waals surface area contributed by atoms with Crippen molar-refractivity contribution in [2.45, 2.75) is 78.6 Å². The molecular weight excluding hydrogens is 260 g/mol. The first kappa shape index (κ1) is 17.7. The molecule has 0 aliphatic heterocycles. The number of Topliss-reactive ketones (excluding diaryl/α,β-unsaturated/α-hetero) is 1. The van der Waals surface area contributed by atoms with Gasteiger partial charge in [0.2, 0.25) is 0 Å². The van der Waals surface area contributed by atoms with Crippen LogP contribution in [0.15, 0.2) is 12.1 Å². The first-order valence-corrected chi connectivity index (χ1v) is 8.01. The number of carbonyl (C=O) groups excluding carboxylic acids is 1. The number of carbonyl (C=O) groups is 1. The number of phenols is 1. The predicted molar refractivity (Wildman–Crippen MR) is 89.4 cm³/mol. The molecule has 1 N–H and O–H groups in total. The fraction of sp³-hybridized carbons (Fsp3) is 0.632. The Morgan fingerprint density at radius 3 is 1.95 bits per heavy atom. The molecule has 0 amide bonds. The maximum Gasteiger partial charge on any atom is 0.166 e. The molecule has 118 valence electrons. The second-order valence-electron chi connectivity index (χ2n) is 7.17. The monoisotopic (exact) mass is 290 g/mol. The molecule has 0 aromatic heterocycles.